The van der Waals surface area contributed by atoms with E-state index in [4.69, 9.17) is 4.74 Å². The zero-order valence-corrected chi connectivity index (χ0v) is 22.2. The van der Waals surface area contributed by atoms with Crippen LogP contribution >= 0.6 is 15.9 Å². The zero-order valence-electron chi connectivity index (χ0n) is 20.6. The number of nitrogens with zero attached hydrogens (tertiary/aromatic N) is 1. The quantitative estimate of drug-likeness (QED) is 0.346. The SMILES string of the molecule is CCCNC(=O)[C@H](Cc1ccccc1)N(Cc1ccc(C)cc1)C(=O)COc1ccc(Br)c(C)c1. The molecule has 5 nitrogen and oxygen atoms in total. The first kappa shape index (κ1) is 26.5. The standard InChI is InChI=1S/C29H33BrN2O3/c1-4-16-31-29(34)27(18-23-8-6-5-7-9-23)32(19-24-12-10-21(2)11-13-24)28(33)20-35-25-14-15-26(30)22(3)17-25/h5-15,17,27H,4,16,18-20H2,1-3H3,(H,31,34)/t27-/m0/s1. The third kappa shape index (κ3) is 7.96. The van der Waals surface area contributed by atoms with Gasteiger partial charge in [0, 0.05) is 24.0 Å². The average Bonchev–Trinajstić information content (AvgIpc) is 2.87. The van der Waals surface area contributed by atoms with Gasteiger partial charge in [-0.3, -0.25) is 9.59 Å². The number of amides is 2. The Balaban J connectivity index is 1.88. The summed E-state index contributed by atoms with van der Waals surface area (Å²) < 4.78 is 6.84. The van der Waals surface area contributed by atoms with Crippen LogP contribution in [-0.2, 0) is 22.6 Å². The molecule has 0 spiro atoms. The predicted molar refractivity (Wildman–Crippen MR) is 143 cm³/mol. The van der Waals surface area contributed by atoms with Crippen LogP contribution in [0.4, 0.5) is 0 Å². The van der Waals surface area contributed by atoms with E-state index in [9.17, 15) is 9.59 Å². The van der Waals surface area contributed by atoms with Crippen molar-refractivity contribution in [2.24, 2.45) is 0 Å². The van der Waals surface area contributed by atoms with Crippen molar-refractivity contribution in [2.75, 3.05) is 13.2 Å². The molecule has 0 bridgehead atoms. The maximum absolute atomic E-state index is 13.6. The summed E-state index contributed by atoms with van der Waals surface area (Å²) in [6.45, 7) is 6.73. The highest BCUT2D eigenvalue weighted by Gasteiger charge is 2.30. The van der Waals surface area contributed by atoms with E-state index in [0.717, 1.165) is 33.1 Å². The largest absolute Gasteiger partial charge is 0.484 e. The second-order valence-electron chi connectivity index (χ2n) is 8.70. The molecule has 0 fully saturated rings. The van der Waals surface area contributed by atoms with Crippen LogP contribution in [0.15, 0.2) is 77.3 Å². The number of carbonyl (C=O) groups excluding carboxylic acids is 2. The van der Waals surface area contributed by atoms with E-state index in [-0.39, 0.29) is 18.4 Å². The monoisotopic (exact) mass is 536 g/mol. The van der Waals surface area contributed by atoms with Crippen molar-refractivity contribution in [3.63, 3.8) is 0 Å². The van der Waals surface area contributed by atoms with Gasteiger partial charge >= 0.3 is 0 Å². The molecule has 35 heavy (non-hydrogen) atoms. The minimum atomic E-state index is -0.659. The number of aryl methyl sites for hydroxylation is 2. The van der Waals surface area contributed by atoms with E-state index in [2.05, 4.69) is 21.2 Å². The Kier molecular flexibility index (Phi) is 9.91. The molecule has 3 rings (SSSR count). The molecule has 3 aromatic rings. The fourth-order valence-electron chi connectivity index (χ4n) is 3.75. The van der Waals surface area contributed by atoms with Gasteiger partial charge in [-0.1, -0.05) is 83.0 Å². The van der Waals surface area contributed by atoms with E-state index < -0.39 is 6.04 Å². The number of hydrogen-bond donors (Lipinski definition) is 1. The van der Waals surface area contributed by atoms with Crippen LogP contribution in [-0.4, -0.2) is 35.9 Å². The topological polar surface area (TPSA) is 58.6 Å². The number of hydrogen-bond acceptors (Lipinski definition) is 3. The van der Waals surface area contributed by atoms with Crippen molar-refractivity contribution >= 4 is 27.7 Å². The van der Waals surface area contributed by atoms with Crippen molar-refractivity contribution in [2.45, 2.75) is 46.2 Å². The Morgan fingerprint density at radius 1 is 0.971 bits per heavy atom. The first-order valence-corrected chi connectivity index (χ1v) is 12.7. The van der Waals surface area contributed by atoms with Gasteiger partial charge in [-0.05, 0) is 55.2 Å². The van der Waals surface area contributed by atoms with E-state index >= 15 is 0 Å². The summed E-state index contributed by atoms with van der Waals surface area (Å²) in [4.78, 5) is 28.5. The molecule has 0 aliphatic rings. The minimum absolute atomic E-state index is 0.153. The predicted octanol–water partition coefficient (Wildman–Crippen LogP) is 5.61. The molecule has 0 radical (unpaired) electrons. The van der Waals surface area contributed by atoms with E-state index in [1.54, 1.807) is 4.90 Å². The molecule has 6 heteroatoms. The molecule has 184 valence electrons. The maximum atomic E-state index is 13.6. The van der Waals surface area contributed by atoms with Gasteiger partial charge in [0.25, 0.3) is 5.91 Å². The van der Waals surface area contributed by atoms with Gasteiger partial charge in [0.1, 0.15) is 11.8 Å². The van der Waals surface area contributed by atoms with Crippen LogP contribution in [0.2, 0.25) is 0 Å². The normalized spacial score (nSPS) is 11.5. The lowest BCUT2D eigenvalue weighted by molar-refractivity contribution is -0.142. The van der Waals surface area contributed by atoms with Crippen molar-refractivity contribution < 1.29 is 14.3 Å². The summed E-state index contributed by atoms with van der Waals surface area (Å²) in [5.74, 6) is 0.221. The number of ether oxygens (including phenoxy) is 1. The molecule has 0 saturated heterocycles. The molecular weight excluding hydrogens is 504 g/mol. The molecule has 3 aromatic carbocycles. The van der Waals surface area contributed by atoms with Crippen LogP contribution in [0.25, 0.3) is 0 Å². The molecule has 0 aliphatic carbocycles. The van der Waals surface area contributed by atoms with Crippen molar-refractivity contribution in [3.05, 3.63) is 99.5 Å². The van der Waals surface area contributed by atoms with Crippen LogP contribution in [0.1, 0.15) is 35.6 Å². The number of benzene rings is 3. The van der Waals surface area contributed by atoms with Crippen molar-refractivity contribution in [1.82, 2.24) is 10.2 Å². The fourth-order valence-corrected chi connectivity index (χ4v) is 3.99. The summed E-state index contributed by atoms with van der Waals surface area (Å²) >= 11 is 3.49. The Morgan fingerprint density at radius 2 is 1.69 bits per heavy atom. The smallest absolute Gasteiger partial charge is 0.261 e. The molecule has 2 amide bonds. The summed E-state index contributed by atoms with van der Waals surface area (Å²) in [6.07, 6.45) is 1.24. The van der Waals surface area contributed by atoms with E-state index in [1.807, 2.05) is 93.6 Å². The molecular formula is C29H33BrN2O3. The molecule has 1 N–H and O–H groups in total. The highest BCUT2D eigenvalue weighted by Crippen LogP contribution is 2.22. The van der Waals surface area contributed by atoms with Crippen LogP contribution in [0, 0.1) is 13.8 Å². The number of rotatable bonds is 11. The zero-order chi connectivity index (χ0) is 25.2. The second-order valence-corrected chi connectivity index (χ2v) is 9.56. The summed E-state index contributed by atoms with van der Waals surface area (Å²) in [7, 11) is 0. The number of carbonyl (C=O) groups is 2. The number of halogens is 1. The Hall–Kier alpha value is -3.12. The van der Waals surface area contributed by atoms with Gasteiger partial charge in [0.2, 0.25) is 5.91 Å². The van der Waals surface area contributed by atoms with Gasteiger partial charge in [-0.25, -0.2) is 0 Å². The van der Waals surface area contributed by atoms with Gasteiger partial charge in [0.15, 0.2) is 6.61 Å². The molecule has 0 aromatic heterocycles. The van der Waals surface area contributed by atoms with Crippen LogP contribution in [0.5, 0.6) is 5.75 Å². The van der Waals surface area contributed by atoms with E-state index in [0.29, 0.717) is 25.3 Å². The Bertz CT molecular complexity index is 1120. The molecule has 0 aliphatic heterocycles. The highest BCUT2D eigenvalue weighted by molar-refractivity contribution is 9.10. The van der Waals surface area contributed by atoms with Gasteiger partial charge < -0.3 is 15.0 Å². The molecule has 1 atom stereocenters. The first-order valence-electron chi connectivity index (χ1n) is 11.9. The lowest BCUT2D eigenvalue weighted by Gasteiger charge is -2.31. The summed E-state index contributed by atoms with van der Waals surface area (Å²) in [5, 5.41) is 2.99. The maximum Gasteiger partial charge on any atom is 0.261 e. The van der Waals surface area contributed by atoms with Crippen LogP contribution in [0.3, 0.4) is 0 Å². The molecule has 0 unspecified atom stereocenters. The lowest BCUT2D eigenvalue weighted by atomic mass is 10.0. The third-order valence-corrected chi connectivity index (χ3v) is 6.68. The lowest BCUT2D eigenvalue weighted by Crippen LogP contribution is -2.51. The average molecular weight is 537 g/mol. The highest BCUT2D eigenvalue weighted by atomic mass is 79.9. The summed E-state index contributed by atoms with van der Waals surface area (Å²) in [6, 6.07) is 22.8. The van der Waals surface area contributed by atoms with Crippen molar-refractivity contribution in [1.29, 1.82) is 0 Å². The fraction of sp³-hybridized carbons (Fsp3) is 0.310. The minimum Gasteiger partial charge on any atom is -0.484 e. The summed E-state index contributed by atoms with van der Waals surface area (Å²) in [5.41, 5.74) is 4.12. The Labute approximate surface area is 216 Å². The van der Waals surface area contributed by atoms with Crippen molar-refractivity contribution in [3.8, 4) is 5.75 Å². The molecule has 0 saturated carbocycles. The second kappa shape index (κ2) is 13.1. The van der Waals surface area contributed by atoms with Gasteiger partial charge in [0.05, 0.1) is 0 Å². The third-order valence-electron chi connectivity index (χ3n) is 5.79. The van der Waals surface area contributed by atoms with Gasteiger partial charge in [-0.2, -0.15) is 0 Å². The number of nitrogens with one attached hydrogen (secondary N) is 1. The van der Waals surface area contributed by atoms with Gasteiger partial charge in [-0.15, -0.1) is 0 Å². The Morgan fingerprint density at radius 3 is 2.34 bits per heavy atom. The first-order chi connectivity index (χ1) is 16.9. The van der Waals surface area contributed by atoms with Crippen LogP contribution < -0.4 is 10.1 Å². The van der Waals surface area contributed by atoms with E-state index in [1.165, 1.54) is 0 Å². The molecule has 0 heterocycles.